The van der Waals surface area contributed by atoms with Crippen molar-refractivity contribution in [1.29, 1.82) is 0 Å². The molecule has 0 bridgehead atoms. The first-order valence-corrected chi connectivity index (χ1v) is 11.4. The highest BCUT2D eigenvalue weighted by molar-refractivity contribution is 9.12. The molecule has 0 spiro atoms. The van der Waals surface area contributed by atoms with E-state index in [2.05, 4.69) is 77.7 Å². The summed E-state index contributed by atoms with van der Waals surface area (Å²) in [5.74, 6) is 5.91. The molecule has 1 aromatic carbocycles. The van der Waals surface area contributed by atoms with Gasteiger partial charge in [0, 0.05) is 31.7 Å². The second-order valence-corrected chi connectivity index (χ2v) is 8.41. The molecule has 0 saturated carbocycles. The molecular formula is C21H23Br2N3S2. The van der Waals surface area contributed by atoms with Crippen LogP contribution >= 0.6 is 56.3 Å². The second-order valence-electron chi connectivity index (χ2n) is 5.19. The molecule has 0 aliphatic heterocycles. The van der Waals surface area contributed by atoms with Gasteiger partial charge in [-0.3, -0.25) is 0 Å². The van der Waals surface area contributed by atoms with E-state index in [0.29, 0.717) is 0 Å². The number of nitrogens with zero attached hydrogens (tertiary/aromatic N) is 2. The van der Waals surface area contributed by atoms with Crippen molar-refractivity contribution < 1.29 is 0 Å². The van der Waals surface area contributed by atoms with Gasteiger partial charge in [0.15, 0.2) is 0 Å². The molecule has 0 saturated heterocycles. The van der Waals surface area contributed by atoms with Crippen molar-refractivity contribution in [3.8, 4) is 11.8 Å². The third-order valence-corrected chi connectivity index (χ3v) is 6.97. The van der Waals surface area contributed by atoms with Crippen LogP contribution in [0.3, 0.4) is 0 Å². The van der Waals surface area contributed by atoms with Crippen LogP contribution in [-0.4, -0.2) is 16.5 Å². The molecule has 0 aliphatic carbocycles. The Morgan fingerprint density at radius 2 is 2.04 bits per heavy atom. The topological polar surface area (TPSA) is 37.8 Å². The lowest BCUT2D eigenvalue weighted by Gasteiger charge is -2.09. The third-order valence-electron chi connectivity index (χ3n) is 3.23. The molecule has 0 atom stereocenters. The number of rotatable bonds is 6. The van der Waals surface area contributed by atoms with E-state index in [1.807, 2.05) is 51.1 Å². The zero-order valence-electron chi connectivity index (χ0n) is 16.0. The number of nitrogens with one attached hydrogen (secondary N) is 1. The highest BCUT2D eigenvalue weighted by Gasteiger charge is 2.07. The summed E-state index contributed by atoms with van der Waals surface area (Å²) >= 11 is 12.6. The Morgan fingerprint density at radius 3 is 2.64 bits per heavy atom. The summed E-state index contributed by atoms with van der Waals surface area (Å²) in [5, 5.41) is 4.24. The minimum absolute atomic E-state index is 0.789. The highest BCUT2D eigenvalue weighted by atomic mass is 79.9. The van der Waals surface area contributed by atoms with Crippen LogP contribution in [0.15, 0.2) is 72.7 Å². The van der Waals surface area contributed by atoms with Crippen molar-refractivity contribution in [2.75, 3.05) is 11.9 Å². The van der Waals surface area contributed by atoms with Gasteiger partial charge in [0.25, 0.3) is 0 Å². The van der Waals surface area contributed by atoms with Gasteiger partial charge < -0.3 is 5.32 Å². The molecule has 0 fully saturated rings. The maximum absolute atomic E-state index is 4.35. The van der Waals surface area contributed by atoms with Gasteiger partial charge in [-0.25, -0.2) is 9.97 Å². The van der Waals surface area contributed by atoms with Crippen LogP contribution in [0.25, 0.3) is 0 Å². The van der Waals surface area contributed by atoms with E-state index < -0.39 is 0 Å². The monoisotopic (exact) mass is 539 g/mol. The quantitative estimate of drug-likeness (QED) is 0.132. The van der Waals surface area contributed by atoms with E-state index in [1.165, 1.54) is 0 Å². The van der Waals surface area contributed by atoms with E-state index >= 15 is 0 Å². The van der Waals surface area contributed by atoms with Crippen LogP contribution in [0, 0.1) is 11.8 Å². The van der Waals surface area contributed by atoms with Crippen molar-refractivity contribution in [3.63, 3.8) is 0 Å². The van der Waals surface area contributed by atoms with Crippen molar-refractivity contribution >= 4 is 61.9 Å². The molecule has 1 N–H and O–H groups in total. The van der Waals surface area contributed by atoms with Crippen LogP contribution in [-0.2, 0) is 0 Å². The van der Waals surface area contributed by atoms with Gasteiger partial charge in [0.05, 0.1) is 11.9 Å². The van der Waals surface area contributed by atoms with Crippen molar-refractivity contribution in [1.82, 2.24) is 9.97 Å². The molecule has 0 unspecified atom stereocenters. The van der Waals surface area contributed by atoms with E-state index in [1.54, 1.807) is 24.3 Å². The summed E-state index contributed by atoms with van der Waals surface area (Å²) in [4.78, 5) is 10.5. The maximum Gasteiger partial charge on any atom is 0.127 e. The van der Waals surface area contributed by atoms with Crippen molar-refractivity contribution in [2.45, 2.75) is 37.1 Å². The van der Waals surface area contributed by atoms with E-state index in [0.717, 1.165) is 42.4 Å². The average Bonchev–Trinajstić information content (AvgIpc) is 2.73. The van der Waals surface area contributed by atoms with Gasteiger partial charge in [-0.15, -0.1) is 24.5 Å². The number of hydrogen-bond donors (Lipinski definition) is 2. The number of anilines is 1. The fourth-order valence-corrected chi connectivity index (χ4v) is 3.56. The number of benzene rings is 1. The number of allylic oxidation sites excluding steroid dienone is 3. The summed E-state index contributed by atoms with van der Waals surface area (Å²) in [6, 6.07) is 8.09. The molecule has 7 heteroatoms. The van der Waals surface area contributed by atoms with Crippen LogP contribution in [0.5, 0.6) is 0 Å². The Bertz CT molecular complexity index is 855. The van der Waals surface area contributed by atoms with Crippen LogP contribution in [0.2, 0.25) is 0 Å². The minimum atomic E-state index is 0.789. The van der Waals surface area contributed by atoms with Gasteiger partial charge in [-0.2, -0.15) is 0 Å². The molecule has 1 heterocycles. The molecule has 2 rings (SSSR count). The summed E-state index contributed by atoms with van der Waals surface area (Å²) in [5.41, 5.74) is 0.936. The largest absolute Gasteiger partial charge is 0.381 e. The summed E-state index contributed by atoms with van der Waals surface area (Å²) in [7, 11) is 0. The SMILES string of the molecule is C/C=C(S)\C(Br)=C/C.CC#CCCNc1cncnc1Sc1ccccc1Br. The zero-order chi connectivity index (χ0) is 20.8. The first-order valence-electron chi connectivity index (χ1n) is 8.56. The molecule has 2 aromatic rings. The predicted molar refractivity (Wildman–Crippen MR) is 132 cm³/mol. The Balaban J connectivity index is 0.000000416. The Labute approximate surface area is 194 Å². The van der Waals surface area contributed by atoms with E-state index in [4.69, 9.17) is 0 Å². The second kappa shape index (κ2) is 14.7. The first kappa shape index (κ1) is 24.8. The molecule has 28 heavy (non-hydrogen) atoms. The molecule has 0 aliphatic rings. The summed E-state index contributed by atoms with van der Waals surface area (Å²) in [6.45, 7) is 6.55. The Morgan fingerprint density at radius 1 is 1.29 bits per heavy atom. The lowest BCUT2D eigenvalue weighted by molar-refractivity contribution is 1.01. The summed E-state index contributed by atoms with van der Waals surface area (Å²) in [6.07, 6.45) is 8.07. The fraction of sp³-hybridized carbons (Fsp3) is 0.238. The Kier molecular flexibility index (Phi) is 13.1. The van der Waals surface area contributed by atoms with Gasteiger partial charge in [-0.1, -0.05) is 36.0 Å². The van der Waals surface area contributed by atoms with Crippen molar-refractivity contribution in [2.24, 2.45) is 0 Å². The molecular weight excluding hydrogens is 518 g/mol. The predicted octanol–water partition coefficient (Wildman–Crippen LogP) is 7.33. The van der Waals surface area contributed by atoms with Crippen LogP contribution < -0.4 is 5.32 Å². The standard InChI is InChI=1S/C15H14BrN3S.C6H9BrS/c1-2-3-6-9-18-13-10-17-11-19-15(13)20-14-8-5-4-7-12(14)16;1-3-5(7)6(8)4-2/h4-5,7-8,10-11,18H,6,9H2,1H3;3-4,8H,1-2H3/b;5-3+,6-4+. The minimum Gasteiger partial charge on any atom is -0.381 e. The van der Waals surface area contributed by atoms with Crippen molar-refractivity contribution in [3.05, 3.63) is 62.8 Å². The first-order chi connectivity index (χ1) is 13.5. The Hall–Kier alpha value is -1.20. The summed E-state index contributed by atoms with van der Waals surface area (Å²) < 4.78 is 2.11. The third kappa shape index (κ3) is 9.33. The molecule has 0 amide bonds. The highest BCUT2D eigenvalue weighted by Crippen LogP contribution is 2.35. The number of hydrogen-bond acceptors (Lipinski definition) is 5. The fourth-order valence-electron chi connectivity index (χ4n) is 1.82. The molecule has 0 radical (unpaired) electrons. The average molecular weight is 541 g/mol. The number of aromatic nitrogens is 2. The van der Waals surface area contributed by atoms with Gasteiger partial charge in [-0.05, 0) is 64.8 Å². The lowest BCUT2D eigenvalue weighted by Crippen LogP contribution is -2.03. The van der Waals surface area contributed by atoms with E-state index in [9.17, 15) is 0 Å². The zero-order valence-corrected chi connectivity index (χ0v) is 20.9. The smallest absolute Gasteiger partial charge is 0.127 e. The maximum atomic E-state index is 4.35. The van der Waals surface area contributed by atoms with Crippen LogP contribution in [0.1, 0.15) is 27.2 Å². The van der Waals surface area contributed by atoms with Gasteiger partial charge in [0.1, 0.15) is 11.4 Å². The normalized spacial score (nSPS) is 11.1. The van der Waals surface area contributed by atoms with Gasteiger partial charge >= 0.3 is 0 Å². The number of thiol groups is 1. The lowest BCUT2D eigenvalue weighted by atomic mass is 10.4. The molecule has 1 aromatic heterocycles. The van der Waals surface area contributed by atoms with Gasteiger partial charge in [0.2, 0.25) is 0 Å². The molecule has 148 valence electrons. The molecule has 3 nitrogen and oxygen atoms in total. The number of halogens is 2. The van der Waals surface area contributed by atoms with Crippen LogP contribution in [0.4, 0.5) is 5.69 Å². The van der Waals surface area contributed by atoms with E-state index in [-0.39, 0.29) is 0 Å².